The largest absolute Gasteiger partial charge is 0.496 e. The van der Waals surface area contributed by atoms with E-state index in [9.17, 15) is 9.59 Å². The van der Waals surface area contributed by atoms with E-state index in [4.69, 9.17) is 4.74 Å². The topological polar surface area (TPSA) is 79.8 Å². The summed E-state index contributed by atoms with van der Waals surface area (Å²) in [6, 6.07) is 14.5. The van der Waals surface area contributed by atoms with Crippen molar-refractivity contribution in [3.63, 3.8) is 0 Å². The smallest absolute Gasteiger partial charge is 0.240 e. The lowest BCUT2D eigenvalue weighted by molar-refractivity contribution is -0.124. The van der Waals surface area contributed by atoms with E-state index in [2.05, 4.69) is 31.8 Å². The van der Waals surface area contributed by atoms with Crippen molar-refractivity contribution in [3.05, 3.63) is 58.6 Å². The molecule has 2 aromatic rings. The number of nitrogens with one attached hydrogen (secondary N) is 2. The number of methoxy groups -OCH3 is 1. The number of halogens is 1. The van der Waals surface area contributed by atoms with Crippen molar-refractivity contribution in [2.24, 2.45) is 5.10 Å². The molecule has 0 aliphatic carbocycles. The fourth-order valence-corrected chi connectivity index (χ4v) is 2.39. The molecule has 6 nitrogen and oxygen atoms in total. The first-order chi connectivity index (χ1) is 12.1. The second-order valence-corrected chi connectivity index (χ2v) is 6.01. The molecule has 2 rings (SSSR count). The van der Waals surface area contributed by atoms with Gasteiger partial charge in [-0.2, -0.15) is 5.10 Å². The van der Waals surface area contributed by atoms with Crippen molar-refractivity contribution < 1.29 is 14.3 Å². The van der Waals surface area contributed by atoms with Gasteiger partial charge in [-0.25, -0.2) is 5.43 Å². The standard InChI is InChI=1S/C18H18BrN3O3/c1-25-16-8-7-14(19)11-13(16)12-20-22-18(24)10-9-17(23)21-15-5-3-2-4-6-15/h2-8,11-12H,9-10H2,1H3,(H,21,23)(H,22,24). The summed E-state index contributed by atoms with van der Waals surface area (Å²) in [5.41, 5.74) is 3.82. The number of hydrazone groups is 1. The summed E-state index contributed by atoms with van der Waals surface area (Å²) in [6.07, 6.45) is 1.62. The maximum Gasteiger partial charge on any atom is 0.240 e. The number of amides is 2. The quantitative estimate of drug-likeness (QED) is 0.549. The molecule has 0 atom stereocenters. The minimum Gasteiger partial charge on any atom is -0.496 e. The van der Waals surface area contributed by atoms with Crippen LogP contribution in [0.2, 0.25) is 0 Å². The molecule has 25 heavy (non-hydrogen) atoms. The summed E-state index contributed by atoms with van der Waals surface area (Å²) >= 11 is 3.37. The van der Waals surface area contributed by atoms with E-state index < -0.39 is 0 Å². The molecule has 0 fully saturated rings. The number of ether oxygens (including phenoxy) is 1. The van der Waals surface area contributed by atoms with Gasteiger partial charge < -0.3 is 10.1 Å². The molecule has 0 saturated carbocycles. The average Bonchev–Trinajstić information content (AvgIpc) is 2.61. The summed E-state index contributed by atoms with van der Waals surface area (Å²) in [5, 5.41) is 6.62. The Kier molecular flexibility index (Phi) is 7.16. The van der Waals surface area contributed by atoms with Crippen LogP contribution >= 0.6 is 15.9 Å². The van der Waals surface area contributed by atoms with Gasteiger partial charge in [0.15, 0.2) is 0 Å². The summed E-state index contributed by atoms with van der Waals surface area (Å²) in [7, 11) is 1.56. The molecular weight excluding hydrogens is 386 g/mol. The van der Waals surface area contributed by atoms with Gasteiger partial charge >= 0.3 is 0 Å². The Bertz CT molecular complexity index is 763. The maximum absolute atomic E-state index is 11.8. The Morgan fingerprint density at radius 3 is 2.56 bits per heavy atom. The molecule has 2 aromatic carbocycles. The van der Waals surface area contributed by atoms with Gasteiger partial charge in [0.2, 0.25) is 11.8 Å². The fourth-order valence-electron chi connectivity index (χ4n) is 2.01. The Balaban J connectivity index is 1.79. The zero-order chi connectivity index (χ0) is 18.1. The van der Waals surface area contributed by atoms with Gasteiger partial charge in [-0.3, -0.25) is 9.59 Å². The Morgan fingerprint density at radius 2 is 1.84 bits per heavy atom. The van der Waals surface area contributed by atoms with E-state index in [-0.39, 0.29) is 24.7 Å². The Hall–Kier alpha value is -2.67. The second-order valence-electron chi connectivity index (χ2n) is 5.09. The monoisotopic (exact) mass is 403 g/mol. The lowest BCUT2D eigenvalue weighted by Crippen LogP contribution is -2.20. The normalized spacial score (nSPS) is 10.5. The number of rotatable bonds is 7. The van der Waals surface area contributed by atoms with Crippen molar-refractivity contribution in [2.45, 2.75) is 12.8 Å². The first kappa shape index (κ1) is 18.7. The van der Waals surface area contributed by atoms with Crippen LogP contribution in [-0.4, -0.2) is 25.1 Å². The fraction of sp³-hybridized carbons (Fsp3) is 0.167. The highest BCUT2D eigenvalue weighted by Crippen LogP contribution is 2.21. The van der Waals surface area contributed by atoms with Gasteiger partial charge in [-0.15, -0.1) is 0 Å². The van der Waals surface area contributed by atoms with E-state index in [0.717, 1.165) is 10.0 Å². The molecule has 0 bridgehead atoms. The molecule has 0 unspecified atom stereocenters. The molecule has 0 heterocycles. The number of hydrogen-bond donors (Lipinski definition) is 2. The van der Waals surface area contributed by atoms with Gasteiger partial charge in [0, 0.05) is 28.6 Å². The van der Waals surface area contributed by atoms with Crippen molar-refractivity contribution in [3.8, 4) is 5.75 Å². The third-order valence-corrected chi connectivity index (χ3v) is 3.71. The first-order valence-electron chi connectivity index (χ1n) is 7.59. The lowest BCUT2D eigenvalue weighted by atomic mass is 10.2. The molecule has 7 heteroatoms. The van der Waals surface area contributed by atoms with E-state index in [0.29, 0.717) is 11.4 Å². The predicted octanol–water partition coefficient (Wildman–Crippen LogP) is 3.33. The lowest BCUT2D eigenvalue weighted by Gasteiger charge is -2.05. The summed E-state index contributed by atoms with van der Waals surface area (Å²) in [6.45, 7) is 0. The van der Waals surface area contributed by atoms with E-state index in [1.54, 1.807) is 25.3 Å². The molecule has 0 radical (unpaired) electrons. The molecule has 2 amide bonds. The van der Waals surface area contributed by atoms with Crippen LogP contribution in [0.1, 0.15) is 18.4 Å². The maximum atomic E-state index is 11.8. The second kappa shape index (κ2) is 9.58. The zero-order valence-corrected chi connectivity index (χ0v) is 15.2. The summed E-state index contributed by atoms with van der Waals surface area (Å²) in [4.78, 5) is 23.5. The van der Waals surface area contributed by atoms with Gasteiger partial charge in [0.25, 0.3) is 0 Å². The van der Waals surface area contributed by atoms with Crippen molar-refractivity contribution in [2.75, 3.05) is 12.4 Å². The van der Waals surface area contributed by atoms with Crippen molar-refractivity contribution in [1.82, 2.24) is 5.43 Å². The van der Waals surface area contributed by atoms with Crippen LogP contribution in [-0.2, 0) is 9.59 Å². The SMILES string of the molecule is COc1ccc(Br)cc1C=NNC(=O)CCC(=O)Nc1ccccc1. The van der Waals surface area contributed by atoms with Crippen LogP contribution in [0.3, 0.4) is 0 Å². The number of para-hydroxylation sites is 1. The van der Waals surface area contributed by atoms with Gasteiger partial charge in [-0.05, 0) is 30.3 Å². The molecular formula is C18H18BrN3O3. The number of anilines is 1. The number of benzene rings is 2. The predicted molar refractivity (Wildman–Crippen MR) is 101 cm³/mol. The third-order valence-electron chi connectivity index (χ3n) is 3.22. The van der Waals surface area contributed by atoms with Crippen molar-refractivity contribution in [1.29, 1.82) is 0 Å². The van der Waals surface area contributed by atoms with Gasteiger partial charge in [0.1, 0.15) is 5.75 Å². The van der Waals surface area contributed by atoms with E-state index >= 15 is 0 Å². The van der Waals surface area contributed by atoms with Crippen LogP contribution in [0, 0.1) is 0 Å². The number of carbonyl (C=O) groups is 2. The summed E-state index contributed by atoms with van der Waals surface area (Å²) in [5.74, 6) is 0.0795. The molecule has 0 aromatic heterocycles. The number of carbonyl (C=O) groups excluding carboxylic acids is 2. The molecule has 2 N–H and O–H groups in total. The minimum absolute atomic E-state index is 0.0472. The molecule has 0 saturated heterocycles. The Morgan fingerprint density at radius 1 is 1.12 bits per heavy atom. The molecule has 0 aliphatic heterocycles. The Labute approximate surface area is 154 Å². The van der Waals surface area contributed by atoms with Crippen LogP contribution in [0.5, 0.6) is 5.75 Å². The van der Waals surface area contributed by atoms with Gasteiger partial charge in [-0.1, -0.05) is 34.1 Å². The van der Waals surface area contributed by atoms with Gasteiger partial charge in [0.05, 0.1) is 13.3 Å². The molecule has 0 aliphatic rings. The highest BCUT2D eigenvalue weighted by molar-refractivity contribution is 9.10. The number of nitrogens with zero attached hydrogens (tertiary/aromatic N) is 1. The van der Waals surface area contributed by atoms with Crippen LogP contribution in [0.4, 0.5) is 5.69 Å². The zero-order valence-electron chi connectivity index (χ0n) is 13.7. The number of hydrogen-bond acceptors (Lipinski definition) is 4. The van der Waals surface area contributed by atoms with Crippen LogP contribution in [0.25, 0.3) is 0 Å². The summed E-state index contributed by atoms with van der Waals surface area (Å²) < 4.78 is 6.09. The molecule has 130 valence electrons. The minimum atomic E-state index is -0.339. The average molecular weight is 404 g/mol. The third kappa shape index (κ3) is 6.39. The highest BCUT2D eigenvalue weighted by atomic mass is 79.9. The van der Waals surface area contributed by atoms with E-state index in [1.807, 2.05) is 30.3 Å². The first-order valence-corrected chi connectivity index (χ1v) is 8.38. The van der Waals surface area contributed by atoms with Crippen LogP contribution in [0.15, 0.2) is 58.1 Å². The van der Waals surface area contributed by atoms with E-state index in [1.165, 1.54) is 6.21 Å². The highest BCUT2D eigenvalue weighted by Gasteiger charge is 2.07. The van der Waals surface area contributed by atoms with Crippen LogP contribution < -0.4 is 15.5 Å². The van der Waals surface area contributed by atoms with Crippen molar-refractivity contribution >= 4 is 39.6 Å². The molecule has 0 spiro atoms.